The number of carbonyl (C=O) groups is 3. The van der Waals surface area contributed by atoms with E-state index in [0.717, 1.165) is 47.6 Å². The zero-order chi connectivity index (χ0) is 27.9. The molecular formula is C24H21F4N5O5S. The highest BCUT2D eigenvalue weighted by Gasteiger charge is 2.68. The van der Waals surface area contributed by atoms with Crippen LogP contribution >= 0.6 is 11.3 Å². The van der Waals surface area contributed by atoms with Crippen molar-refractivity contribution in [1.29, 1.82) is 0 Å². The Labute approximate surface area is 222 Å². The summed E-state index contributed by atoms with van der Waals surface area (Å²) in [4.78, 5) is 43.6. The lowest BCUT2D eigenvalue weighted by Crippen LogP contribution is -2.78. The summed E-state index contributed by atoms with van der Waals surface area (Å²) >= 11 is 0.887. The molecule has 3 aromatic rings. The number of hydrogen-bond acceptors (Lipinski definition) is 8. The zero-order valence-corrected chi connectivity index (χ0v) is 21.0. The Kier molecular flexibility index (Phi) is 6.90. The number of esters is 1. The first-order valence-corrected chi connectivity index (χ1v) is 12.4. The monoisotopic (exact) mass is 567 g/mol. The highest BCUT2D eigenvalue weighted by atomic mass is 32.1. The minimum Gasteiger partial charge on any atom is -0.468 e. The Bertz CT molecular complexity index is 1430. The first-order chi connectivity index (χ1) is 18.5. The van der Waals surface area contributed by atoms with Crippen molar-refractivity contribution in [1.82, 2.24) is 15.2 Å². The maximum Gasteiger partial charge on any atom is 0.419 e. The predicted octanol–water partition coefficient (Wildman–Crippen LogP) is 3.21. The van der Waals surface area contributed by atoms with Gasteiger partial charge in [0.25, 0.3) is 5.91 Å². The van der Waals surface area contributed by atoms with E-state index in [2.05, 4.69) is 20.9 Å². The molecule has 2 aromatic carbocycles. The van der Waals surface area contributed by atoms with Gasteiger partial charge in [-0.3, -0.25) is 20.2 Å². The first-order valence-electron chi connectivity index (χ1n) is 11.6. The lowest BCUT2D eigenvalue weighted by Gasteiger charge is -2.51. The number of halogens is 4. The van der Waals surface area contributed by atoms with Crippen molar-refractivity contribution in [2.24, 2.45) is 0 Å². The van der Waals surface area contributed by atoms with Crippen LogP contribution in [0.4, 0.5) is 33.2 Å². The Balaban J connectivity index is 1.49. The zero-order valence-electron chi connectivity index (χ0n) is 20.2. The number of piperazine rings is 1. The van der Waals surface area contributed by atoms with Gasteiger partial charge < -0.3 is 19.7 Å². The summed E-state index contributed by atoms with van der Waals surface area (Å²) < 4.78 is 67.9. The van der Waals surface area contributed by atoms with Crippen molar-refractivity contribution in [3.8, 4) is 0 Å². The van der Waals surface area contributed by atoms with Gasteiger partial charge >= 0.3 is 18.2 Å². The number of alkyl halides is 3. The molecule has 0 saturated carbocycles. The van der Waals surface area contributed by atoms with Gasteiger partial charge in [-0.2, -0.15) is 13.2 Å². The molecule has 15 heteroatoms. The summed E-state index contributed by atoms with van der Waals surface area (Å²) in [6.07, 6.45) is -5.14. The van der Waals surface area contributed by atoms with Crippen LogP contribution < -0.4 is 16.0 Å². The summed E-state index contributed by atoms with van der Waals surface area (Å²) in [5, 5.41) is 7.32. The van der Waals surface area contributed by atoms with Gasteiger partial charge in [-0.15, -0.1) is 0 Å². The number of thiazole rings is 1. The fourth-order valence-electron chi connectivity index (χ4n) is 4.68. The molecular weight excluding hydrogens is 546 g/mol. The van der Waals surface area contributed by atoms with Crippen LogP contribution in [-0.2, 0) is 24.6 Å². The number of ether oxygens (including phenoxy) is 2. The average molecular weight is 568 g/mol. The normalized spacial score (nSPS) is 23.3. The van der Waals surface area contributed by atoms with Crippen molar-refractivity contribution >= 4 is 50.3 Å². The Morgan fingerprint density at radius 1 is 1.21 bits per heavy atom. The molecule has 5 rings (SSSR count). The second kappa shape index (κ2) is 10.1. The number of methoxy groups -OCH3 is 1. The molecule has 3 amide bonds. The van der Waals surface area contributed by atoms with Crippen LogP contribution in [0.25, 0.3) is 10.2 Å². The molecule has 10 nitrogen and oxygen atoms in total. The van der Waals surface area contributed by atoms with Gasteiger partial charge in [-0.25, -0.2) is 14.2 Å². The molecule has 2 aliphatic rings. The lowest BCUT2D eigenvalue weighted by molar-refractivity contribution is -0.227. The molecule has 0 spiro atoms. The summed E-state index contributed by atoms with van der Waals surface area (Å²) in [6.45, 7) is -0.237. The van der Waals surface area contributed by atoms with Crippen molar-refractivity contribution in [3.63, 3.8) is 0 Å². The van der Waals surface area contributed by atoms with Crippen molar-refractivity contribution in [2.45, 2.75) is 23.8 Å². The molecule has 3 atom stereocenters. The number of hydrogen-bond donors (Lipinski definition) is 3. The summed E-state index contributed by atoms with van der Waals surface area (Å²) in [5.41, 5.74) is -3.11. The van der Waals surface area contributed by atoms with Crippen LogP contribution in [0.1, 0.15) is 5.56 Å². The first kappa shape index (κ1) is 26.8. The van der Waals surface area contributed by atoms with E-state index in [1.807, 2.05) is 0 Å². The van der Waals surface area contributed by atoms with E-state index in [-0.39, 0.29) is 35.1 Å². The van der Waals surface area contributed by atoms with Gasteiger partial charge in [0.15, 0.2) is 5.13 Å². The van der Waals surface area contributed by atoms with Crippen LogP contribution in [0, 0.1) is 5.82 Å². The minimum absolute atomic E-state index is 0.0208. The number of fused-ring (bicyclic) bond motifs is 2. The van der Waals surface area contributed by atoms with Crippen LogP contribution in [0.15, 0.2) is 42.5 Å². The van der Waals surface area contributed by atoms with E-state index >= 15 is 0 Å². The molecule has 3 N–H and O–H groups in total. The van der Waals surface area contributed by atoms with E-state index in [1.165, 1.54) is 18.2 Å². The number of benzene rings is 2. The van der Waals surface area contributed by atoms with E-state index in [1.54, 1.807) is 0 Å². The molecule has 3 heterocycles. The number of nitrogens with one attached hydrogen (secondary N) is 3. The molecule has 1 aromatic heterocycles. The number of rotatable bonds is 4. The maximum atomic E-state index is 14.8. The van der Waals surface area contributed by atoms with Gasteiger partial charge in [-0.1, -0.05) is 17.4 Å². The smallest absolute Gasteiger partial charge is 0.419 e. The maximum absolute atomic E-state index is 14.8. The largest absolute Gasteiger partial charge is 0.468 e. The van der Waals surface area contributed by atoms with Crippen LogP contribution in [0.2, 0.25) is 0 Å². The third kappa shape index (κ3) is 4.77. The summed E-state index contributed by atoms with van der Waals surface area (Å²) in [5.74, 6) is -2.70. The number of anilines is 2. The Morgan fingerprint density at radius 3 is 2.64 bits per heavy atom. The standard InChI is InChI=1S/C24H21F4N5O5S/c1-37-19(34)18-16-11-38-9-8-33(16)20(35)23(32-18,24(26,27)28)12-2-7-15-17(10-12)39-22(30-15)31-21(36)29-14-5-3-13(25)4-6-14/h2-7,10,16,18,32H,8-9,11H2,1H3,(H2,29,30,31,36)/t16-,18-,23?/m1/s1. The van der Waals surface area contributed by atoms with Crippen molar-refractivity contribution in [3.05, 3.63) is 53.8 Å². The third-order valence-electron chi connectivity index (χ3n) is 6.53. The molecule has 0 aliphatic carbocycles. The topological polar surface area (TPSA) is 122 Å². The number of morpholine rings is 1. The van der Waals surface area contributed by atoms with E-state index in [9.17, 15) is 31.9 Å². The average Bonchev–Trinajstić information content (AvgIpc) is 3.30. The third-order valence-corrected chi connectivity index (χ3v) is 7.46. The highest BCUT2D eigenvalue weighted by molar-refractivity contribution is 7.22. The summed E-state index contributed by atoms with van der Waals surface area (Å²) in [6, 6.07) is 5.42. The minimum atomic E-state index is -5.14. The van der Waals surface area contributed by atoms with Gasteiger partial charge in [0.2, 0.25) is 5.54 Å². The van der Waals surface area contributed by atoms with Crippen LogP contribution in [-0.4, -0.2) is 72.9 Å². The van der Waals surface area contributed by atoms with Crippen LogP contribution in [0.5, 0.6) is 0 Å². The van der Waals surface area contributed by atoms with Gasteiger partial charge in [0, 0.05) is 12.2 Å². The number of carbonyl (C=O) groups excluding carboxylic acids is 3. The van der Waals surface area contributed by atoms with E-state index < -0.39 is 53.1 Å². The van der Waals surface area contributed by atoms with Crippen molar-refractivity contribution < 1.29 is 41.4 Å². The number of urea groups is 1. The van der Waals surface area contributed by atoms with Crippen molar-refractivity contribution in [2.75, 3.05) is 37.5 Å². The predicted molar refractivity (Wildman–Crippen MR) is 132 cm³/mol. The molecule has 206 valence electrons. The molecule has 2 saturated heterocycles. The Morgan fingerprint density at radius 2 is 1.95 bits per heavy atom. The molecule has 2 aliphatic heterocycles. The molecule has 2 fully saturated rings. The Hall–Kier alpha value is -3.82. The van der Waals surface area contributed by atoms with E-state index in [0.29, 0.717) is 5.69 Å². The molecule has 0 bridgehead atoms. The SMILES string of the molecule is COC(=O)[C@@H]1NC(c2ccc3nc(NC(=O)Nc4ccc(F)cc4)sc3c2)(C(F)(F)F)C(=O)N2CCOC[C@H]12. The van der Waals surface area contributed by atoms with Gasteiger partial charge in [0.1, 0.15) is 11.9 Å². The number of nitrogens with zero attached hydrogens (tertiary/aromatic N) is 2. The molecule has 1 unspecified atom stereocenters. The summed E-state index contributed by atoms with van der Waals surface area (Å²) in [7, 11) is 1.05. The lowest BCUT2D eigenvalue weighted by atomic mass is 9.81. The van der Waals surface area contributed by atoms with E-state index in [4.69, 9.17) is 9.47 Å². The number of amides is 3. The second-order valence-corrected chi connectivity index (χ2v) is 9.85. The van der Waals surface area contributed by atoms with Gasteiger partial charge in [0.05, 0.1) is 36.6 Å². The van der Waals surface area contributed by atoms with Gasteiger partial charge in [-0.05, 0) is 42.0 Å². The number of aromatic nitrogens is 1. The second-order valence-electron chi connectivity index (χ2n) is 8.82. The highest BCUT2D eigenvalue weighted by Crippen LogP contribution is 2.45. The van der Waals surface area contributed by atoms with Crippen LogP contribution in [0.3, 0.4) is 0 Å². The fourth-order valence-corrected chi connectivity index (χ4v) is 5.58. The molecule has 39 heavy (non-hydrogen) atoms. The molecule has 0 radical (unpaired) electrons. The quantitative estimate of drug-likeness (QED) is 0.327. The fraction of sp³-hybridized carbons (Fsp3) is 0.333.